The zero-order chi connectivity index (χ0) is 29.5. The molecule has 1 amide bonds. The van der Waals surface area contributed by atoms with E-state index >= 15 is 0 Å². The van der Waals surface area contributed by atoms with Gasteiger partial charge in [-0.3, -0.25) is 9.78 Å². The van der Waals surface area contributed by atoms with Gasteiger partial charge in [-0.15, -0.1) is 0 Å². The van der Waals surface area contributed by atoms with Crippen molar-refractivity contribution in [2.45, 2.75) is 44.6 Å². The topological polar surface area (TPSA) is 93.9 Å². The molecule has 0 radical (unpaired) electrons. The van der Waals surface area contributed by atoms with Crippen LogP contribution in [0.3, 0.4) is 0 Å². The molecule has 1 aliphatic carbocycles. The van der Waals surface area contributed by atoms with E-state index in [0.29, 0.717) is 44.3 Å². The number of benzene rings is 2. The molecule has 8 nitrogen and oxygen atoms in total. The fraction of sp³-hybridized carbons (Fsp3) is 0.343. The molecule has 2 aliphatic heterocycles. The Bertz CT molecular complexity index is 1760. The van der Waals surface area contributed by atoms with Crippen LogP contribution in [0.4, 0.5) is 0 Å². The number of carboxylic acids is 1. The average Bonchev–Trinajstić information content (AvgIpc) is 3.27. The SMILES string of the molecule is COc1ccc2c(c1)C=C(c1cc(C(=O)N3CCOCC3)ccn1)Cn1c-2c(C2CCCCC2)c2ccc(C(=O)O)cc21. The van der Waals surface area contributed by atoms with E-state index in [1.165, 1.54) is 24.8 Å². The molecule has 1 saturated carbocycles. The van der Waals surface area contributed by atoms with E-state index in [4.69, 9.17) is 14.5 Å². The summed E-state index contributed by atoms with van der Waals surface area (Å²) in [4.78, 5) is 32.0. The zero-order valence-corrected chi connectivity index (χ0v) is 24.3. The van der Waals surface area contributed by atoms with Crippen molar-refractivity contribution in [3.8, 4) is 17.0 Å². The summed E-state index contributed by atoms with van der Waals surface area (Å²) in [6.45, 7) is 2.71. The number of rotatable bonds is 5. The molecule has 1 saturated heterocycles. The Labute approximate surface area is 250 Å². The Morgan fingerprint density at radius 3 is 2.56 bits per heavy atom. The van der Waals surface area contributed by atoms with Gasteiger partial charge in [0.1, 0.15) is 5.75 Å². The van der Waals surface area contributed by atoms with Gasteiger partial charge >= 0.3 is 5.97 Å². The number of carbonyl (C=O) groups is 2. The van der Waals surface area contributed by atoms with Gasteiger partial charge < -0.3 is 24.0 Å². The maximum Gasteiger partial charge on any atom is 0.335 e. The lowest BCUT2D eigenvalue weighted by molar-refractivity contribution is 0.0303. The number of methoxy groups -OCH3 is 1. The van der Waals surface area contributed by atoms with Crippen LogP contribution in [0, 0.1) is 0 Å². The summed E-state index contributed by atoms with van der Waals surface area (Å²) < 4.78 is 13.4. The summed E-state index contributed by atoms with van der Waals surface area (Å²) in [5, 5.41) is 11.0. The number of allylic oxidation sites excluding steroid dienone is 1. The number of carbonyl (C=O) groups excluding carboxylic acids is 1. The van der Waals surface area contributed by atoms with Crippen molar-refractivity contribution in [3.05, 3.63) is 82.7 Å². The van der Waals surface area contributed by atoms with E-state index in [9.17, 15) is 14.7 Å². The smallest absolute Gasteiger partial charge is 0.335 e. The number of pyridine rings is 1. The Morgan fingerprint density at radius 2 is 1.79 bits per heavy atom. The van der Waals surface area contributed by atoms with Crippen molar-refractivity contribution in [2.24, 2.45) is 0 Å². The molecule has 0 bridgehead atoms. The summed E-state index contributed by atoms with van der Waals surface area (Å²) in [5.74, 6) is 0.186. The molecule has 43 heavy (non-hydrogen) atoms. The lowest BCUT2D eigenvalue weighted by Crippen LogP contribution is -2.40. The van der Waals surface area contributed by atoms with E-state index in [1.807, 2.05) is 29.2 Å². The molecule has 3 aliphatic rings. The second kappa shape index (κ2) is 11.3. The molecule has 0 atom stereocenters. The zero-order valence-electron chi connectivity index (χ0n) is 24.3. The lowest BCUT2D eigenvalue weighted by Gasteiger charge is -2.27. The van der Waals surface area contributed by atoms with Gasteiger partial charge in [0.25, 0.3) is 5.91 Å². The molecule has 4 heterocycles. The van der Waals surface area contributed by atoms with Crippen LogP contribution in [-0.4, -0.2) is 64.8 Å². The highest BCUT2D eigenvalue weighted by atomic mass is 16.5. The summed E-state index contributed by atoms with van der Waals surface area (Å²) in [5.41, 5.74) is 7.97. The molecular formula is C35H35N3O5. The molecule has 0 spiro atoms. The van der Waals surface area contributed by atoms with E-state index in [0.717, 1.165) is 57.6 Å². The van der Waals surface area contributed by atoms with Crippen molar-refractivity contribution in [2.75, 3.05) is 33.4 Å². The second-order valence-corrected chi connectivity index (χ2v) is 11.7. The first kappa shape index (κ1) is 27.4. The first-order valence-corrected chi connectivity index (χ1v) is 15.1. The molecule has 220 valence electrons. The standard InChI is InChI=1S/C35H35N3O5/c1-42-27-8-10-28-25(18-27)17-26(30-19-23(11-12-36-30)34(39)37-13-15-43-16-14-37)21-38-31-20-24(35(40)41)7-9-29(31)32(33(28)38)22-5-3-2-4-6-22/h7-12,17-20,22H,2-6,13-16,21H2,1H3,(H,40,41). The largest absolute Gasteiger partial charge is 0.497 e. The van der Waals surface area contributed by atoms with E-state index in [2.05, 4.69) is 22.8 Å². The van der Waals surface area contributed by atoms with Gasteiger partial charge in [-0.2, -0.15) is 0 Å². The van der Waals surface area contributed by atoms with Crippen LogP contribution in [0.5, 0.6) is 5.75 Å². The maximum absolute atomic E-state index is 13.4. The minimum atomic E-state index is -0.942. The molecule has 1 N–H and O–H groups in total. The quantitative estimate of drug-likeness (QED) is 0.292. The minimum Gasteiger partial charge on any atom is -0.497 e. The van der Waals surface area contributed by atoms with Crippen molar-refractivity contribution in [1.29, 1.82) is 0 Å². The number of carboxylic acid groups (broad SMARTS) is 1. The number of ether oxygens (including phenoxy) is 2. The Balaban J connectivity index is 1.43. The van der Waals surface area contributed by atoms with E-state index in [-0.39, 0.29) is 11.5 Å². The first-order chi connectivity index (χ1) is 21.0. The fourth-order valence-corrected chi connectivity index (χ4v) is 7.02. The number of amides is 1. The fourth-order valence-electron chi connectivity index (χ4n) is 7.02. The molecular weight excluding hydrogens is 542 g/mol. The van der Waals surface area contributed by atoms with Crippen LogP contribution in [-0.2, 0) is 11.3 Å². The van der Waals surface area contributed by atoms with Gasteiger partial charge in [0, 0.05) is 41.3 Å². The molecule has 2 aromatic heterocycles. The number of hydrogen-bond donors (Lipinski definition) is 1. The van der Waals surface area contributed by atoms with E-state index in [1.54, 1.807) is 25.4 Å². The predicted molar refractivity (Wildman–Crippen MR) is 166 cm³/mol. The molecule has 7 rings (SSSR count). The maximum atomic E-state index is 13.4. The number of aromatic carboxylic acids is 1. The summed E-state index contributed by atoms with van der Waals surface area (Å²) in [7, 11) is 1.67. The van der Waals surface area contributed by atoms with Gasteiger partial charge in [-0.25, -0.2) is 4.79 Å². The summed E-state index contributed by atoms with van der Waals surface area (Å²) in [6, 6.07) is 15.4. The van der Waals surface area contributed by atoms with Crippen molar-refractivity contribution in [3.63, 3.8) is 0 Å². The van der Waals surface area contributed by atoms with Crippen molar-refractivity contribution < 1.29 is 24.2 Å². The second-order valence-electron chi connectivity index (χ2n) is 11.7. The highest BCUT2D eigenvalue weighted by molar-refractivity contribution is 6.01. The molecule has 4 aromatic rings. The molecule has 8 heteroatoms. The van der Waals surface area contributed by atoms with Crippen molar-refractivity contribution >= 4 is 34.4 Å². The van der Waals surface area contributed by atoms with Gasteiger partial charge in [-0.05, 0) is 84.0 Å². The van der Waals surface area contributed by atoms with Gasteiger partial charge in [0.2, 0.25) is 0 Å². The molecule has 2 aromatic carbocycles. The van der Waals surface area contributed by atoms with Crippen LogP contribution in [0.1, 0.15) is 75.6 Å². The van der Waals surface area contributed by atoms with Crippen molar-refractivity contribution in [1.82, 2.24) is 14.5 Å². The monoisotopic (exact) mass is 577 g/mol. The average molecular weight is 578 g/mol. The third-order valence-corrected chi connectivity index (χ3v) is 9.17. The number of aromatic nitrogens is 2. The van der Waals surface area contributed by atoms with Gasteiger partial charge in [-0.1, -0.05) is 25.3 Å². The van der Waals surface area contributed by atoms with Crippen LogP contribution >= 0.6 is 0 Å². The Kier molecular flexibility index (Phi) is 7.23. The van der Waals surface area contributed by atoms with Crippen LogP contribution < -0.4 is 4.74 Å². The van der Waals surface area contributed by atoms with Gasteiger partial charge in [0.15, 0.2) is 0 Å². The van der Waals surface area contributed by atoms with Crippen LogP contribution in [0.2, 0.25) is 0 Å². The third kappa shape index (κ3) is 4.99. The number of morpholine rings is 1. The normalized spacial score (nSPS) is 17.1. The lowest BCUT2D eigenvalue weighted by atomic mass is 9.81. The summed E-state index contributed by atoms with van der Waals surface area (Å²) >= 11 is 0. The number of nitrogens with zero attached hydrogens (tertiary/aromatic N) is 3. The van der Waals surface area contributed by atoms with E-state index < -0.39 is 5.97 Å². The third-order valence-electron chi connectivity index (χ3n) is 9.17. The highest BCUT2D eigenvalue weighted by Crippen LogP contribution is 2.47. The Morgan fingerprint density at radius 1 is 0.977 bits per heavy atom. The number of hydrogen-bond acceptors (Lipinski definition) is 5. The summed E-state index contributed by atoms with van der Waals surface area (Å²) in [6.07, 6.45) is 9.71. The van der Waals surface area contributed by atoms with Crippen LogP contribution in [0.15, 0.2) is 54.7 Å². The molecule has 2 fully saturated rings. The van der Waals surface area contributed by atoms with Gasteiger partial charge in [0.05, 0.1) is 43.8 Å². The highest BCUT2D eigenvalue weighted by Gasteiger charge is 2.30. The van der Waals surface area contributed by atoms with Crippen LogP contribution in [0.25, 0.3) is 33.8 Å². The predicted octanol–water partition coefficient (Wildman–Crippen LogP) is 6.48. The number of fused-ring (bicyclic) bond motifs is 5. The molecule has 0 unspecified atom stereocenters. The Hall–Kier alpha value is -4.43. The minimum absolute atomic E-state index is 0.0268. The first-order valence-electron chi connectivity index (χ1n) is 15.1.